The quantitative estimate of drug-likeness (QED) is 0.241. The number of rotatable bonds is 10. The Bertz CT molecular complexity index is 1320. The molecule has 3 N–H and O–H groups in total. The topological polar surface area (TPSA) is 142 Å². The number of aromatic nitrogens is 2. The van der Waals surface area contributed by atoms with Gasteiger partial charge in [-0.2, -0.15) is 0 Å². The van der Waals surface area contributed by atoms with Crippen LogP contribution in [0.4, 0.5) is 10.2 Å². The Morgan fingerprint density at radius 1 is 1.17 bits per heavy atom. The van der Waals surface area contributed by atoms with Crippen molar-refractivity contribution in [2.75, 3.05) is 31.3 Å². The van der Waals surface area contributed by atoms with E-state index in [1.54, 1.807) is 24.1 Å². The maximum Gasteiger partial charge on any atom is 0.274 e. The van der Waals surface area contributed by atoms with Gasteiger partial charge in [0.1, 0.15) is 27.9 Å². The number of carbonyl (C=O) groups excluding carboxylic acids is 2. The fourth-order valence-electron chi connectivity index (χ4n) is 3.56. The Morgan fingerprint density at radius 3 is 2.66 bits per heavy atom. The molecule has 0 aliphatic carbocycles. The lowest BCUT2D eigenvalue weighted by molar-refractivity contribution is 0.0934. The molecule has 0 unspecified atom stereocenters. The smallest absolute Gasteiger partial charge is 0.274 e. The lowest BCUT2D eigenvalue weighted by atomic mass is 10.1. The summed E-state index contributed by atoms with van der Waals surface area (Å²) >= 11 is 0. The molecule has 0 saturated heterocycles. The second-order valence-electron chi connectivity index (χ2n) is 7.78. The first kappa shape index (κ1) is 25.8. The van der Waals surface area contributed by atoms with Gasteiger partial charge in [0.2, 0.25) is 0 Å². The Balaban J connectivity index is 1.88. The molecule has 12 heteroatoms. The minimum atomic E-state index is -2.44. The van der Waals surface area contributed by atoms with Gasteiger partial charge in [-0.1, -0.05) is 6.07 Å². The standard InChI is InChI=1S/C23H26FN5O5S/c1-25-22(31)17-12-15(24)8-7-14(17)13-27-23(32)19-20(30)18-16(6-5-9-26-18)21(28-19)29(2)10-3-4-11-35(33)34/h5-9,12,30,35H,3-4,10-11,13H2,1-2H3,(H,25,31)(H,27,32). The number of thiol groups is 1. The molecule has 0 atom stereocenters. The molecule has 0 spiro atoms. The summed E-state index contributed by atoms with van der Waals surface area (Å²) < 4.78 is 35.2. The van der Waals surface area contributed by atoms with E-state index in [2.05, 4.69) is 20.6 Å². The predicted molar refractivity (Wildman–Crippen MR) is 130 cm³/mol. The van der Waals surface area contributed by atoms with Crippen molar-refractivity contribution in [3.05, 3.63) is 59.2 Å². The zero-order valence-electron chi connectivity index (χ0n) is 19.2. The molecule has 0 radical (unpaired) electrons. The third-order valence-corrected chi connectivity index (χ3v) is 6.04. The second-order valence-corrected chi connectivity index (χ2v) is 8.89. The Morgan fingerprint density at radius 2 is 1.94 bits per heavy atom. The van der Waals surface area contributed by atoms with Crippen molar-refractivity contribution in [2.24, 2.45) is 0 Å². The van der Waals surface area contributed by atoms with Gasteiger partial charge in [-0.15, -0.1) is 0 Å². The molecule has 0 bridgehead atoms. The summed E-state index contributed by atoms with van der Waals surface area (Å²) in [5, 5.41) is 16.3. The Labute approximate surface area is 203 Å². The molecule has 2 heterocycles. The summed E-state index contributed by atoms with van der Waals surface area (Å²) in [6, 6.07) is 7.04. The van der Waals surface area contributed by atoms with Crippen LogP contribution in [-0.4, -0.2) is 61.7 Å². The second kappa shape index (κ2) is 11.6. The number of unbranched alkanes of at least 4 members (excludes halogenated alkanes) is 1. The molecular formula is C23H26FN5O5S. The van der Waals surface area contributed by atoms with Crippen molar-refractivity contribution in [3.8, 4) is 5.75 Å². The molecule has 0 aliphatic heterocycles. The van der Waals surface area contributed by atoms with Gasteiger partial charge in [0.25, 0.3) is 11.8 Å². The van der Waals surface area contributed by atoms with Crippen LogP contribution in [0.3, 0.4) is 0 Å². The molecule has 10 nitrogen and oxygen atoms in total. The molecule has 0 saturated carbocycles. The zero-order chi connectivity index (χ0) is 25.5. The van der Waals surface area contributed by atoms with Crippen LogP contribution >= 0.6 is 0 Å². The maximum absolute atomic E-state index is 13.6. The van der Waals surface area contributed by atoms with E-state index in [1.807, 2.05) is 0 Å². The number of nitrogens with zero attached hydrogens (tertiary/aromatic N) is 3. The SMILES string of the molecule is CNC(=O)c1cc(F)ccc1CNC(=O)c1nc(N(C)CCCC[SH](=O)=O)c2cccnc2c1O. The summed E-state index contributed by atoms with van der Waals surface area (Å²) in [6.45, 7) is 0.360. The van der Waals surface area contributed by atoms with Gasteiger partial charge >= 0.3 is 0 Å². The normalized spacial score (nSPS) is 11.0. The largest absolute Gasteiger partial charge is 0.504 e. The number of amides is 2. The summed E-state index contributed by atoms with van der Waals surface area (Å²) in [5.74, 6) is -1.72. The average molecular weight is 504 g/mol. The predicted octanol–water partition coefficient (Wildman–Crippen LogP) is 1.59. The van der Waals surface area contributed by atoms with Crippen molar-refractivity contribution >= 4 is 39.2 Å². The van der Waals surface area contributed by atoms with Gasteiger partial charge in [0.15, 0.2) is 11.4 Å². The third kappa shape index (κ3) is 6.21. The highest BCUT2D eigenvalue weighted by molar-refractivity contribution is 7.72. The first-order valence-electron chi connectivity index (χ1n) is 10.8. The van der Waals surface area contributed by atoms with Crippen molar-refractivity contribution in [3.63, 3.8) is 0 Å². The lowest BCUT2D eigenvalue weighted by Crippen LogP contribution is -2.28. The third-order valence-electron chi connectivity index (χ3n) is 5.36. The van der Waals surface area contributed by atoms with Crippen molar-refractivity contribution in [2.45, 2.75) is 19.4 Å². The van der Waals surface area contributed by atoms with Crippen LogP contribution in [0.5, 0.6) is 5.75 Å². The molecule has 186 valence electrons. The molecule has 2 aromatic heterocycles. The molecular weight excluding hydrogens is 477 g/mol. The molecule has 35 heavy (non-hydrogen) atoms. The fourth-order valence-corrected chi connectivity index (χ4v) is 4.04. The van der Waals surface area contributed by atoms with Crippen LogP contribution in [0.15, 0.2) is 36.5 Å². The number of hydrogen-bond acceptors (Lipinski definition) is 8. The van der Waals surface area contributed by atoms with Crippen LogP contribution in [-0.2, 0) is 17.2 Å². The van der Waals surface area contributed by atoms with Gasteiger partial charge in [-0.05, 0) is 42.7 Å². The minimum Gasteiger partial charge on any atom is -0.504 e. The zero-order valence-corrected chi connectivity index (χ0v) is 20.1. The Hall–Kier alpha value is -3.80. The van der Waals surface area contributed by atoms with Gasteiger partial charge in [0, 0.05) is 50.1 Å². The van der Waals surface area contributed by atoms with Crippen molar-refractivity contribution < 1.29 is 27.5 Å². The molecule has 3 aromatic rings. The number of carbonyl (C=O) groups is 2. The van der Waals surface area contributed by atoms with Gasteiger partial charge in [0.05, 0.1) is 0 Å². The van der Waals surface area contributed by atoms with E-state index in [0.717, 1.165) is 6.07 Å². The van der Waals surface area contributed by atoms with E-state index < -0.39 is 34.1 Å². The van der Waals surface area contributed by atoms with Crippen LogP contribution in [0, 0.1) is 5.82 Å². The van der Waals surface area contributed by atoms with Gasteiger partial charge in [-0.25, -0.2) is 17.8 Å². The highest BCUT2D eigenvalue weighted by Crippen LogP contribution is 2.32. The van der Waals surface area contributed by atoms with E-state index >= 15 is 0 Å². The summed E-state index contributed by atoms with van der Waals surface area (Å²) in [4.78, 5) is 35.4. The highest BCUT2D eigenvalue weighted by Gasteiger charge is 2.22. The Kier molecular flexibility index (Phi) is 8.53. The first-order chi connectivity index (χ1) is 16.7. The van der Waals surface area contributed by atoms with E-state index in [4.69, 9.17) is 0 Å². The molecule has 1 aromatic carbocycles. The van der Waals surface area contributed by atoms with E-state index in [9.17, 15) is 27.5 Å². The number of aromatic hydroxyl groups is 1. The number of halogens is 1. The minimum absolute atomic E-state index is 0.0745. The lowest BCUT2D eigenvalue weighted by Gasteiger charge is -2.21. The monoisotopic (exact) mass is 503 g/mol. The van der Waals surface area contributed by atoms with Gasteiger partial charge in [-0.3, -0.25) is 14.6 Å². The number of hydrogen-bond donors (Lipinski definition) is 4. The molecule has 2 amide bonds. The van der Waals surface area contributed by atoms with Crippen molar-refractivity contribution in [1.29, 1.82) is 0 Å². The first-order valence-corrected chi connectivity index (χ1v) is 12.2. The molecule has 0 aliphatic rings. The molecule has 3 rings (SSSR count). The number of benzene rings is 1. The highest BCUT2D eigenvalue weighted by atomic mass is 32.2. The van der Waals surface area contributed by atoms with E-state index in [0.29, 0.717) is 36.2 Å². The average Bonchev–Trinajstić information content (AvgIpc) is 2.85. The number of anilines is 1. The van der Waals surface area contributed by atoms with Gasteiger partial charge < -0.3 is 20.6 Å². The fraction of sp³-hybridized carbons (Fsp3) is 0.304. The van der Waals surface area contributed by atoms with Crippen molar-refractivity contribution in [1.82, 2.24) is 20.6 Å². The summed E-state index contributed by atoms with van der Waals surface area (Å²) in [7, 11) is 0.723. The van der Waals surface area contributed by atoms with Crippen LogP contribution in [0.25, 0.3) is 10.9 Å². The number of fused-ring (bicyclic) bond motifs is 1. The number of pyridine rings is 2. The number of nitrogens with one attached hydrogen (secondary N) is 2. The van der Waals surface area contributed by atoms with E-state index in [1.165, 1.54) is 25.4 Å². The molecule has 0 fully saturated rings. The van der Waals surface area contributed by atoms with Crippen LogP contribution < -0.4 is 15.5 Å². The summed E-state index contributed by atoms with van der Waals surface area (Å²) in [6.07, 6.45) is 2.54. The maximum atomic E-state index is 13.6. The van der Waals surface area contributed by atoms with Crippen LogP contribution in [0.1, 0.15) is 39.3 Å². The van der Waals surface area contributed by atoms with E-state index in [-0.39, 0.29) is 29.1 Å². The van der Waals surface area contributed by atoms with Crippen LogP contribution in [0.2, 0.25) is 0 Å². The summed E-state index contributed by atoms with van der Waals surface area (Å²) in [5.41, 5.74) is 0.381.